The first kappa shape index (κ1) is 11.9. The maximum absolute atomic E-state index is 11.7. The van der Waals surface area contributed by atoms with Crippen LogP contribution in [-0.2, 0) is 0 Å². The number of carbonyl (C=O) groups is 1. The molecule has 2 aromatic rings. The normalized spacial score (nSPS) is 9.78. The van der Waals surface area contributed by atoms with Crippen molar-refractivity contribution in [2.75, 3.05) is 6.54 Å². The summed E-state index contributed by atoms with van der Waals surface area (Å²) in [5.74, 6) is 2.03. The summed E-state index contributed by atoms with van der Waals surface area (Å²) >= 11 is 0. The van der Waals surface area contributed by atoms with Gasteiger partial charge >= 0.3 is 0 Å². The highest BCUT2D eigenvalue weighted by Gasteiger charge is 2.15. The molecule has 0 bridgehead atoms. The fraction of sp³-hybridized carbons (Fsp3) is 0.154. The molecule has 0 spiro atoms. The average Bonchev–Trinajstić information content (AvgIpc) is 2.79. The number of nitrogens with one attached hydrogen (secondary N) is 1. The number of benzene rings is 1. The Morgan fingerprint density at radius 3 is 2.78 bits per heavy atom. The van der Waals surface area contributed by atoms with Gasteiger partial charge in [-0.15, -0.1) is 11.5 Å². The zero-order valence-corrected chi connectivity index (χ0v) is 9.92. The van der Waals surface area contributed by atoms with Crippen LogP contribution >= 0.6 is 0 Å². The molecule has 0 aliphatic rings. The van der Waals surface area contributed by atoms with E-state index in [0.717, 1.165) is 5.69 Å². The number of amides is 1. The Morgan fingerprint density at radius 2 is 2.11 bits per heavy atom. The van der Waals surface area contributed by atoms with Crippen molar-refractivity contribution in [3.8, 4) is 18.0 Å². The number of aromatic nitrogens is 3. The first-order valence-electron chi connectivity index (χ1n) is 5.43. The van der Waals surface area contributed by atoms with Crippen molar-refractivity contribution in [1.82, 2.24) is 20.3 Å². The Bertz CT molecular complexity index is 595. The summed E-state index contributed by atoms with van der Waals surface area (Å²) in [5, 5.41) is 10.9. The maximum Gasteiger partial charge on any atom is 0.274 e. The highest BCUT2D eigenvalue weighted by molar-refractivity contribution is 5.93. The summed E-state index contributed by atoms with van der Waals surface area (Å²) < 4.78 is 0. The van der Waals surface area contributed by atoms with Gasteiger partial charge in [-0.1, -0.05) is 24.1 Å². The summed E-state index contributed by atoms with van der Waals surface area (Å²) in [6.07, 6.45) is 5.08. The Kier molecular flexibility index (Phi) is 3.39. The quantitative estimate of drug-likeness (QED) is 0.812. The van der Waals surface area contributed by atoms with E-state index in [1.807, 2.05) is 30.3 Å². The van der Waals surface area contributed by atoms with E-state index in [1.54, 1.807) is 6.92 Å². The van der Waals surface area contributed by atoms with Gasteiger partial charge in [0.15, 0.2) is 5.69 Å². The Morgan fingerprint density at radius 1 is 1.39 bits per heavy atom. The Labute approximate surface area is 105 Å². The van der Waals surface area contributed by atoms with Gasteiger partial charge in [0.05, 0.1) is 17.9 Å². The number of carbonyl (C=O) groups excluding carboxylic acids is 1. The molecule has 1 amide bonds. The second kappa shape index (κ2) is 5.15. The molecule has 1 aromatic heterocycles. The van der Waals surface area contributed by atoms with E-state index in [-0.39, 0.29) is 18.1 Å². The van der Waals surface area contributed by atoms with Crippen LogP contribution in [0, 0.1) is 19.3 Å². The van der Waals surface area contributed by atoms with Crippen molar-refractivity contribution in [3.63, 3.8) is 0 Å². The van der Waals surface area contributed by atoms with Crippen LogP contribution in [-0.4, -0.2) is 27.4 Å². The topological polar surface area (TPSA) is 59.8 Å². The SMILES string of the molecule is C#CCNC(=O)c1nn(-c2ccccc2)nc1C. The predicted octanol–water partition coefficient (Wildman–Crippen LogP) is 0.939. The van der Waals surface area contributed by atoms with Gasteiger partial charge in [-0.05, 0) is 19.1 Å². The van der Waals surface area contributed by atoms with Crippen molar-refractivity contribution < 1.29 is 4.79 Å². The first-order chi connectivity index (χ1) is 8.72. The van der Waals surface area contributed by atoms with E-state index in [2.05, 4.69) is 21.4 Å². The summed E-state index contributed by atoms with van der Waals surface area (Å²) in [7, 11) is 0. The van der Waals surface area contributed by atoms with Gasteiger partial charge in [-0.3, -0.25) is 4.79 Å². The Balaban J connectivity index is 2.28. The molecule has 0 fully saturated rings. The lowest BCUT2D eigenvalue weighted by atomic mass is 10.3. The number of terminal acetylenes is 1. The van der Waals surface area contributed by atoms with E-state index < -0.39 is 0 Å². The molecule has 0 saturated heterocycles. The minimum atomic E-state index is -0.312. The van der Waals surface area contributed by atoms with Crippen molar-refractivity contribution in [1.29, 1.82) is 0 Å². The molecule has 0 aliphatic carbocycles. The molecule has 2 rings (SSSR count). The molecule has 0 unspecified atom stereocenters. The van der Waals surface area contributed by atoms with Gasteiger partial charge < -0.3 is 5.32 Å². The zero-order chi connectivity index (χ0) is 13.0. The van der Waals surface area contributed by atoms with Crippen molar-refractivity contribution in [3.05, 3.63) is 41.7 Å². The molecular formula is C13H12N4O. The van der Waals surface area contributed by atoms with Gasteiger partial charge in [-0.2, -0.15) is 9.90 Å². The molecule has 1 N–H and O–H groups in total. The van der Waals surface area contributed by atoms with Crippen molar-refractivity contribution in [2.24, 2.45) is 0 Å². The van der Waals surface area contributed by atoms with Crippen molar-refractivity contribution in [2.45, 2.75) is 6.92 Å². The fourth-order valence-corrected chi connectivity index (χ4v) is 1.48. The lowest BCUT2D eigenvalue weighted by Crippen LogP contribution is -2.24. The third-order valence-corrected chi connectivity index (χ3v) is 2.34. The minimum absolute atomic E-state index is 0.177. The summed E-state index contributed by atoms with van der Waals surface area (Å²) in [6, 6.07) is 9.39. The van der Waals surface area contributed by atoms with Crippen LogP contribution in [0.2, 0.25) is 0 Å². The largest absolute Gasteiger partial charge is 0.340 e. The Hall–Kier alpha value is -2.61. The number of nitrogens with zero attached hydrogens (tertiary/aromatic N) is 3. The number of hydrogen-bond donors (Lipinski definition) is 1. The van der Waals surface area contributed by atoms with Crippen molar-refractivity contribution >= 4 is 5.91 Å². The number of para-hydroxylation sites is 1. The lowest BCUT2D eigenvalue weighted by Gasteiger charge is -1.98. The van der Waals surface area contributed by atoms with Crippen LogP contribution < -0.4 is 5.32 Å². The molecule has 90 valence electrons. The van der Waals surface area contributed by atoms with Gasteiger partial charge in [-0.25, -0.2) is 0 Å². The molecule has 0 aliphatic heterocycles. The minimum Gasteiger partial charge on any atom is -0.340 e. The molecule has 0 atom stereocenters. The van der Waals surface area contributed by atoms with Crippen LogP contribution in [0.15, 0.2) is 30.3 Å². The van der Waals surface area contributed by atoms with E-state index in [9.17, 15) is 4.79 Å². The molecule has 0 saturated carbocycles. The zero-order valence-electron chi connectivity index (χ0n) is 9.92. The second-order valence-corrected chi connectivity index (χ2v) is 3.65. The molecule has 0 radical (unpaired) electrons. The highest BCUT2D eigenvalue weighted by Crippen LogP contribution is 2.07. The number of aryl methyl sites for hydroxylation is 1. The van der Waals surface area contributed by atoms with E-state index >= 15 is 0 Å². The summed E-state index contributed by atoms with van der Waals surface area (Å²) in [5.41, 5.74) is 1.65. The smallest absolute Gasteiger partial charge is 0.274 e. The average molecular weight is 240 g/mol. The van der Waals surface area contributed by atoms with E-state index in [1.165, 1.54) is 4.80 Å². The van der Waals surface area contributed by atoms with Crippen LogP contribution in [0.1, 0.15) is 16.2 Å². The lowest BCUT2D eigenvalue weighted by molar-refractivity contribution is 0.0952. The summed E-state index contributed by atoms with van der Waals surface area (Å²) in [4.78, 5) is 13.2. The maximum atomic E-state index is 11.7. The predicted molar refractivity (Wildman–Crippen MR) is 67.3 cm³/mol. The van der Waals surface area contributed by atoms with Crippen LogP contribution in [0.4, 0.5) is 0 Å². The third-order valence-electron chi connectivity index (χ3n) is 2.34. The molecule has 5 heteroatoms. The molecule has 18 heavy (non-hydrogen) atoms. The summed E-state index contributed by atoms with van der Waals surface area (Å²) in [6.45, 7) is 1.91. The fourth-order valence-electron chi connectivity index (χ4n) is 1.48. The van der Waals surface area contributed by atoms with Gasteiger partial charge in [0.2, 0.25) is 0 Å². The van der Waals surface area contributed by atoms with Gasteiger partial charge in [0, 0.05) is 0 Å². The standard InChI is InChI=1S/C13H12N4O/c1-3-9-14-13(18)12-10(2)15-17(16-12)11-7-5-4-6-8-11/h1,4-8H,9H2,2H3,(H,14,18). The second-order valence-electron chi connectivity index (χ2n) is 3.65. The molecule has 1 heterocycles. The molecular weight excluding hydrogens is 228 g/mol. The van der Waals surface area contributed by atoms with Crippen LogP contribution in [0.5, 0.6) is 0 Å². The number of hydrogen-bond acceptors (Lipinski definition) is 3. The van der Waals surface area contributed by atoms with Gasteiger partial charge in [0.1, 0.15) is 0 Å². The van der Waals surface area contributed by atoms with Gasteiger partial charge in [0.25, 0.3) is 5.91 Å². The third kappa shape index (κ3) is 2.38. The first-order valence-corrected chi connectivity index (χ1v) is 5.43. The van der Waals surface area contributed by atoms with Crippen LogP contribution in [0.3, 0.4) is 0 Å². The molecule has 1 aromatic carbocycles. The van der Waals surface area contributed by atoms with E-state index in [4.69, 9.17) is 6.42 Å². The van der Waals surface area contributed by atoms with E-state index in [0.29, 0.717) is 5.69 Å². The number of rotatable bonds is 3. The monoisotopic (exact) mass is 240 g/mol. The highest BCUT2D eigenvalue weighted by atomic mass is 16.2. The molecule has 5 nitrogen and oxygen atoms in total. The van der Waals surface area contributed by atoms with Crippen LogP contribution in [0.25, 0.3) is 5.69 Å².